The van der Waals surface area contributed by atoms with E-state index in [1.54, 1.807) is 25.2 Å². The molecule has 0 spiro atoms. The highest BCUT2D eigenvalue weighted by Crippen LogP contribution is 2.25. The molecular formula is C21H17ClF3N7O3S. The van der Waals surface area contributed by atoms with Gasteiger partial charge in [-0.3, -0.25) is 9.69 Å². The molecule has 1 aliphatic heterocycles. The summed E-state index contributed by atoms with van der Waals surface area (Å²) in [4.78, 5) is 33.0. The normalized spacial score (nSPS) is 14.9. The lowest BCUT2D eigenvalue weighted by Crippen LogP contribution is -2.25. The Hall–Kier alpha value is -3.78. The van der Waals surface area contributed by atoms with E-state index in [1.807, 2.05) is 0 Å². The van der Waals surface area contributed by atoms with Gasteiger partial charge in [0.15, 0.2) is 5.17 Å². The number of carbonyl (C=O) groups is 2. The van der Waals surface area contributed by atoms with Crippen LogP contribution in [0.4, 0.5) is 29.6 Å². The van der Waals surface area contributed by atoms with Gasteiger partial charge in [0.2, 0.25) is 11.9 Å². The third-order valence-corrected chi connectivity index (χ3v) is 6.12. The smallest absolute Gasteiger partial charge is 0.406 e. The van der Waals surface area contributed by atoms with E-state index >= 15 is 0 Å². The van der Waals surface area contributed by atoms with Crippen LogP contribution in [0.1, 0.15) is 5.56 Å². The summed E-state index contributed by atoms with van der Waals surface area (Å²) in [7, 11) is 1.55. The Kier molecular flexibility index (Phi) is 7.35. The largest absolute Gasteiger partial charge is 0.573 e. The molecule has 1 fully saturated rings. The highest BCUT2D eigenvalue weighted by atomic mass is 35.5. The van der Waals surface area contributed by atoms with Crippen LogP contribution in [-0.4, -0.2) is 55.9 Å². The number of benzene rings is 2. The number of halogens is 4. The standard InChI is InChI=1S/C21H17ClF3N7O3S/c1-31-17(33)10-36-20(31)29-19(34)28-13-3-2-12(16(22)8-13)9-26-18-27-11-32(30-18)14-4-6-15(7-5-14)35-21(23,24)25/h2-8,11H,9-10H2,1H3,(H,26,30)(H,28,34). The van der Waals surface area contributed by atoms with Gasteiger partial charge in [-0.2, -0.15) is 4.99 Å². The van der Waals surface area contributed by atoms with E-state index in [-0.39, 0.29) is 29.9 Å². The number of hydrogen-bond donors (Lipinski definition) is 2. The lowest BCUT2D eigenvalue weighted by molar-refractivity contribution is -0.274. The zero-order valence-corrected chi connectivity index (χ0v) is 20.0. The van der Waals surface area contributed by atoms with Gasteiger partial charge in [-0.15, -0.1) is 18.3 Å². The Morgan fingerprint density at radius 2 is 2.00 bits per heavy atom. The first kappa shape index (κ1) is 25.3. The number of alkyl halides is 3. The summed E-state index contributed by atoms with van der Waals surface area (Å²) in [5.41, 5.74) is 1.61. The lowest BCUT2D eigenvalue weighted by atomic mass is 10.2. The molecule has 10 nitrogen and oxygen atoms in total. The van der Waals surface area contributed by atoms with Crippen molar-refractivity contribution >= 4 is 52.1 Å². The Labute approximate surface area is 211 Å². The van der Waals surface area contributed by atoms with Crippen LogP contribution in [0.15, 0.2) is 53.8 Å². The summed E-state index contributed by atoms with van der Waals surface area (Å²) < 4.78 is 42.1. The monoisotopic (exact) mass is 539 g/mol. The molecule has 1 aromatic heterocycles. The summed E-state index contributed by atoms with van der Waals surface area (Å²) >= 11 is 7.51. The minimum Gasteiger partial charge on any atom is -0.406 e. The van der Waals surface area contributed by atoms with Crippen LogP contribution in [0, 0.1) is 0 Å². The molecule has 3 aromatic rings. The molecular weight excluding hydrogens is 523 g/mol. The average molecular weight is 540 g/mol. The molecule has 0 bridgehead atoms. The van der Waals surface area contributed by atoms with E-state index in [0.29, 0.717) is 27.1 Å². The number of carbonyl (C=O) groups excluding carboxylic acids is 2. The number of ether oxygens (including phenoxy) is 1. The van der Waals surface area contributed by atoms with E-state index in [4.69, 9.17) is 11.6 Å². The summed E-state index contributed by atoms with van der Waals surface area (Å²) in [5.74, 6) is 0.0417. The number of nitrogens with one attached hydrogen (secondary N) is 2. The summed E-state index contributed by atoms with van der Waals surface area (Å²) in [6, 6.07) is 9.45. The predicted molar refractivity (Wildman–Crippen MR) is 129 cm³/mol. The number of amides is 3. The van der Waals surface area contributed by atoms with Gasteiger partial charge in [-0.25, -0.2) is 14.5 Å². The third-order valence-electron chi connectivity index (χ3n) is 4.75. The van der Waals surface area contributed by atoms with Crippen LogP contribution in [0.25, 0.3) is 5.69 Å². The van der Waals surface area contributed by atoms with Crippen LogP contribution in [0.3, 0.4) is 0 Å². The third kappa shape index (κ3) is 6.46. The topological polar surface area (TPSA) is 114 Å². The van der Waals surface area contributed by atoms with Crippen LogP contribution in [-0.2, 0) is 11.3 Å². The highest BCUT2D eigenvalue weighted by molar-refractivity contribution is 8.15. The molecule has 3 amide bonds. The van der Waals surface area contributed by atoms with Crippen LogP contribution in [0.2, 0.25) is 5.02 Å². The Balaban J connectivity index is 1.33. The zero-order valence-electron chi connectivity index (χ0n) is 18.4. The number of hydrogen-bond acceptors (Lipinski definition) is 7. The molecule has 4 rings (SSSR count). The molecule has 36 heavy (non-hydrogen) atoms. The van der Waals surface area contributed by atoms with Gasteiger partial charge in [-0.05, 0) is 42.0 Å². The number of aliphatic imine (C=N–C) groups is 1. The number of anilines is 2. The van der Waals surface area contributed by atoms with Crippen LogP contribution in [0.5, 0.6) is 5.75 Å². The van der Waals surface area contributed by atoms with E-state index in [9.17, 15) is 22.8 Å². The fraction of sp³-hybridized carbons (Fsp3) is 0.190. The molecule has 1 saturated heterocycles. The van der Waals surface area contributed by atoms with Gasteiger partial charge in [0, 0.05) is 24.3 Å². The second-order valence-corrected chi connectivity index (χ2v) is 8.63. The quantitative estimate of drug-likeness (QED) is 0.473. The number of thioether (sulfide) groups is 1. The van der Waals surface area contributed by atoms with Crippen molar-refractivity contribution in [1.82, 2.24) is 19.7 Å². The first-order chi connectivity index (χ1) is 17.1. The number of rotatable bonds is 6. The molecule has 0 saturated carbocycles. The summed E-state index contributed by atoms with van der Waals surface area (Å²) in [6.07, 6.45) is -3.37. The minimum absolute atomic E-state index is 0.126. The number of amidine groups is 1. The molecule has 0 unspecified atom stereocenters. The Morgan fingerprint density at radius 1 is 1.25 bits per heavy atom. The van der Waals surface area contributed by atoms with Gasteiger partial charge >= 0.3 is 12.4 Å². The Bertz CT molecular complexity index is 1310. The van der Waals surface area contributed by atoms with Crippen molar-refractivity contribution < 1.29 is 27.5 Å². The molecule has 1 aliphatic rings. The van der Waals surface area contributed by atoms with Gasteiger partial charge in [0.05, 0.1) is 11.4 Å². The number of urea groups is 1. The van der Waals surface area contributed by atoms with Gasteiger partial charge in [0.1, 0.15) is 12.1 Å². The fourth-order valence-corrected chi connectivity index (χ4v) is 4.12. The molecule has 188 valence electrons. The van der Waals surface area contributed by atoms with E-state index in [0.717, 1.165) is 0 Å². The van der Waals surface area contributed by atoms with Crippen molar-refractivity contribution in [2.75, 3.05) is 23.4 Å². The molecule has 2 N–H and O–H groups in total. The molecule has 15 heteroatoms. The number of nitrogens with zero attached hydrogens (tertiary/aromatic N) is 5. The SMILES string of the molecule is CN1C(=O)CSC1=NC(=O)Nc1ccc(CNc2ncn(-c3ccc(OC(F)(F)F)cc3)n2)c(Cl)c1. The molecule has 0 aliphatic carbocycles. The molecule has 0 radical (unpaired) electrons. The van der Waals surface area contributed by atoms with E-state index < -0.39 is 12.4 Å². The van der Waals surface area contributed by atoms with E-state index in [1.165, 1.54) is 51.9 Å². The van der Waals surface area contributed by atoms with E-state index in [2.05, 4.69) is 30.4 Å². The van der Waals surface area contributed by atoms with Crippen LogP contribution >= 0.6 is 23.4 Å². The average Bonchev–Trinajstić information content (AvgIpc) is 3.40. The van der Waals surface area contributed by atoms with Crippen molar-refractivity contribution in [2.45, 2.75) is 12.9 Å². The summed E-state index contributed by atoms with van der Waals surface area (Å²) in [5, 5.41) is 10.5. The number of aromatic nitrogens is 3. The van der Waals surface area contributed by atoms with Crippen molar-refractivity contribution in [1.29, 1.82) is 0 Å². The zero-order chi connectivity index (χ0) is 25.9. The minimum atomic E-state index is -4.77. The second-order valence-electron chi connectivity index (χ2n) is 7.28. The first-order valence-electron chi connectivity index (χ1n) is 10.2. The predicted octanol–water partition coefficient (Wildman–Crippen LogP) is 4.52. The maximum atomic E-state index is 12.3. The second kappa shape index (κ2) is 10.5. The van der Waals surface area contributed by atoms with Crippen molar-refractivity contribution in [3.63, 3.8) is 0 Å². The Morgan fingerprint density at radius 3 is 2.64 bits per heavy atom. The highest BCUT2D eigenvalue weighted by Gasteiger charge is 2.31. The van der Waals surface area contributed by atoms with Gasteiger partial charge < -0.3 is 15.4 Å². The van der Waals surface area contributed by atoms with Crippen LogP contribution < -0.4 is 15.4 Å². The summed E-state index contributed by atoms with van der Waals surface area (Å²) in [6.45, 7) is 0.265. The van der Waals surface area contributed by atoms with Crippen molar-refractivity contribution in [3.05, 3.63) is 59.4 Å². The lowest BCUT2D eigenvalue weighted by Gasteiger charge is -2.10. The van der Waals surface area contributed by atoms with Crippen molar-refractivity contribution in [3.8, 4) is 11.4 Å². The first-order valence-corrected chi connectivity index (χ1v) is 11.5. The maximum Gasteiger partial charge on any atom is 0.573 e. The molecule has 2 heterocycles. The molecule has 2 aromatic carbocycles. The van der Waals surface area contributed by atoms with Gasteiger partial charge in [-0.1, -0.05) is 29.4 Å². The fourth-order valence-electron chi connectivity index (χ4n) is 2.98. The van der Waals surface area contributed by atoms with Gasteiger partial charge in [0.25, 0.3) is 0 Å². The van der Waals surface area contributed by atoms with Crippen molar-refractivity contribution in [2.24, 2.45) is 4.99 Å². The maximum absolute atomic E-state index is 12.3. The molecule has 0 atom stereocenters.